The standard InChI is InChI=1S/C15H27BrN2S/c1-6-7-17-12(2)15(3,4)11-18(5)9-13-8-14(16)19-10-13/h8,10,12,17H,6-7,9,11H2,1-5H3. The number of nitrogens with zero attached hydrogens (tertiary/aromatic N) is 1. The molecule has 0 spiro atoms. The first-order valence-corrected chi connectivity index (χ1v) is 8.67. The molecule has 2 nitrogen and oxygen atoms in total. The Morgan fingerprint density at radius 1 is 1.47 bits per heavy atom. The molecule has 0 aliphatic carbocycles. The number of rotatable bonds is 8. The summed E-state index contributed by atoms with van der Waals surface area (Å²) >= 11 is 5.28. The quantitative estimate of drug-likeness (QED) is 0.752. The van der Waals surface area contributed by atoms with Crippen LogP contribution in [0.25, 0.3) is 0 Å². The average molecular weight is 347 g/mol. The summed E-state index contributed by atoms with van der Waals surface area (Å²) in [5, 5.41) is 5.84. The van der Waals surface area contributed by atoms with E-state index < -0.39 is 0 Å². The number of hydrogen-bond donors (Lipinski definition) is 1. The van der Waals surface area contributed by atoms with Crippen LogP contribution in [-0.2, 0) is 6.54 Å². The van der Waals surface area contributed by atoms with Crippen molar-refractivity contribution in [1.82, 2.24) is 10.2 Å². The fourth-order valence-electron chi connectivity index (χ4n) is 2.27. The molecule has 0 aliphatic heterocycles. The maximum Gasteiger partial charge on any atom is 0.0701 e. The van der Waals surface area contributed by atoms with Gasteiger partial charge < -0.3 is 10.2 Å². The van der Waals surface area contributed by atoms with E-state index in [9.17, 15) is 0 Å². The van der Waals surface area contributed by atoms with Crippen LogP contribution in [0, 0.1) is 5.41 Å². The molecule has 19 heavy (non-hydrogen) atoms. The van der Waals surface area contributed by atoms with Crippen LogP contribution in [0.5, 0.6) is 0 Å². The Morgan fingerprint density at radius 3 is 2.68 bits per heavy atom. The Morgan fingerprint density at radius 2 is 2.16 bits per heavy atom. The van der Waals surface area contributed by atoms with Gasteiger partial charge in [0.15, 0.2) is 0 Å². The first kappa shape index (κ1) is 17.2. The normalized spacial score (nSPS) is 14.1. The van der Waals surface area contributed by atoms with Gasteiger partial charge in [-0.25, -0.2) is 0 Å². The molecular formula is C15H27BrN2S. The van der Waals surface area contributed by atoms with Gasteiger partial charge in [-0.3, -0.25) is 0 Å². The molecule has 1 N–H and O–H groups in total. The van der Waals surface area contributed by atoms with Crippen molar-refractivity contribution >= 4 is 27.3 Å². The predicted octanol–water partition coefficient (Wildman–Crippen LogP) is 4.36. The van der Waals surface area contributed by atoms with Crippen LogP contribution in [0.1, 0.15) is 39.7 Å². The zero-order valence-electron chi connectivity index (χ0n) is 12.8. The Hall–Kier alpha value is 0.100. The molecule has 1 aromatic rings. The summed E-state index contributed by atoms with van der Waals surface area (Å²) in [5.74, 6) is 0. The molecule has 0 aliphatic rings. The van der Waals surface area contributed by atoms with Crippen LogP contribution in [0.15, 0.2) is 15.2 Å². The van der Waals surface area contributed by atoms with Crippen LogP contribution >= 0.6 is 27.3 Å². The minimum atomic E-state index is 0.275. The molecule has 1 atom stereocenters. The highest BCUT2D eigenvalue weighted by molar-refractivity contribution is 9.11. The van der Waals surface area contributed by atoms with Gasteiger partial charge in [-0.05, 0) is 65.3 Å². The molecule has 110 valence electrons. The number of hydrogen-bond acceptors (Lipinski definition) is 3. The third-order valence-electron chi connectivity index (χ3n) is 3.62. The van der Waals surface area contributed by atoms with E-state index in [-0.39, 0.29) is 5.41 Å². The van der Waals surface area contributed by atoms with Crippen molar-refractivity contribution in [3.05, 3.63) is 20.8 Å². The van der Waals surface area contributed by atoms with Crippen molar-refractivity contribution < 1.29 is 0 Å². The van der Waals surface area contributed by atoms with Gasteiger partial charge in [-0.15, -0.1) is 11.3 Å². The maximum atomic E-state index is 3.61. The van der Waals surface area contributed by atoms with Gasteiger partial charge in [0.2, 0.25) is 0 Å². The lowest BCUT2D eigenvalue weighted by Crippen LogP contribution is -2.46. The Labute approximate surface area is 130 Å². The summed E-state index contributed by atoms with van der Waals surface area (Å²) in [5.41, 5.74) is 1.67. The lowest BCUT2D eigenvalue weighted by molar-refractivity contribution is 0.160. The smallest absolute Gasteiger partial charge is 0.0701 e. The van der Waals surface area contributed by atoms with Gasteiger partial charge in [0.05, 0.1) is 3.79 Å². The topological polar surface area (TPSA) is 15.3 Å². The highest BCUT2D eigenvalue weighted by Gasteiger charge is 2.26. The Kier molecular flexibility index (Phi) is 7.01. The number of thiophene rings is 1. The lowest BCUT2D eigenvalue weighted by atomic mass is 9.84. The lowest BCUT2D eigenvalue weighted by Gasteiger charge is -2.36. The fraction of sp³-hybridized carbons (Fsp3) is 0.733. The number of nitrogens with one attached hydrogen (secondary N) is 1. The third kappa shape index (κ3) is 5.94. The van der Waals surface area contributed by atoms with Gasteiger partial charge in [-0.2, -0.15) is 0 Å². The molecule has 0 radical (unpaired) electrons. The largest absolute Gasteiger partial charge is 0.314 e. The summed E-state index contributed by atoms with van der Waals surface area (Å²) < 4.78 is 1.22. The molecule has 1 unspecified atom stereocenters. The van der Waals surface area contributed by atoms with Crippen molar-refractivity contribution in [3.8, 4) is 0 Å². The van der Waals surface area contributed by atoms with Crippen LogP contribution in [-0.4, -0.2) is 31.1 Å². The molecule has 0 saturated carbocycles. The van der Waals surface area contributed by atoms with Crippen molar-refractivity contribution in [2.75, 3.05) is 20.1 Å². The van der Waals surface area contributed by atoms with Crippen molar-refractivity contribution in [2.45, 2.75) is 46.7 Å². The van der Waals surface area contributed by atoms with E-state index in [1.807, 2.05) is 0 Å². The van der Waals surface area contributed by atoms with E-state index in [1.54, 1.807) is 11.3 Å². The zero-order valence-corrected chi connectivity index (χ0v) is 15.2. The van der Waals surface area contributed by atoms with Gasteiger partial charge >= 0.3 is 0 Å². The molecule has 0 fully saturated rings. The minimum absolute atomic E-state index is 0.275. The van der Waals surface area contributed by atoms with Crippen molar-refractivity contribution in [3.63, 3.8) is 0 Å². The van der Waals surface area contributed by atoms with Gasteiger partial charge in [0, 0.05) is 19.1 Å². The second-order valence-corrected chi connectivity index (χ2v) is 8.39. The molecular weight excluding hydrogens is 320 g/mol. The van der Waals surface area contributed by atoms with E-state index >= 15 is 0 Å². The van der Waals surface area contributed by atoms with E-state index in [0.29, 0.717) is 6.04 Å². The second kappa shape index (κ2) is 7.77. The van der Waals surface area contributed by atoms with Crippen LogP contribution in [0.3, 0.4) is 0 Å². The minimum Gasteiger partial charge on any atom is -0.314 e. The van der Waals surface area contributed by atoms with Crippen LogP contribution in [0.2, 0.25) is 0 Å². The molecule has 4 heteroatoms. The molecule has 1 rings (SSSR count). The summed E-state index contributed by atoms with van der Waals surface area (Å²) in [6.45, 7) is 12.4. The summed E-state index contributed by atoms with van der Waals surface area (Å²) in [7, 11) is 2.21. The van der Waals surface area contributed by atoms with Gasteiger partial charge in [-0.1, -0.05) is 20.8 Å². The van der Waals surface area contributed by atoms with Crippen LogP contribution < -0.4 is 5.32 Å². The zero-order chi connectivity index (χ0) is 14.5. The molecule has 0 aromatic carbocycles. The molecule has 0 saturated heterocycles. The summed E-state index contributed by atoms with van der Waals surface area (Å²) in [6, 6.07) is 2.75. The first-order chi connectivity index (χ1) is 8.85. The molecule has 1 heterocycles. The molecule has 0 bridgehead atoms. The fourth-order valence-corrected chi connectivity index (χ4v) is 3.47. The van der Waals surface area contributed by atoms with E-state index in [2.05, 4.69) is 72.3 Å². The Balaban J connectivity index is 2.47. The van der Waals surface area contributed by atoms with E-state index in [1.165, 1.54) is 15.8 Å². The second-order valence-electron chi connectivity index (χ2n) is 6.10. The Bertz CT molecular complexity index is 376. The van der Waals surface area contributed by atoms with Gasteiger partial charge in [0.25, 0.3) is 0 Å². The third-order valence-corrected chi connectivity index (χ3v) is 5.18. The predicted molar refractivity (Wildman–Crippen MR) is 89.9 cm³/mol. The monoisotopic (exact) mass is 346 g/mol. The molecule has 1 aromatic heterocycles. The summed E-state index contributed by atoms with van der Waals surface area (Å²) in [4.78, 5) is 2.42. The van der Waals surface area contributed by atoms with Crippen molar-refractivity contribution in [2.24, 2.45) is 5.41 Å². The highest BCUT2D eigenvalue weighted by Crippen LogP contribution is 2.25. The van der Waals surface area contributed by atoms with Gasteiger partial charge in [0.1, 0.15) is 0 Å². The maximum absolute atomic E-state index is 3.61. The SMILES string of the molecule is CCCNC(C)C(C)(C)CN(C)Cc1csc(Br)c1. The van der Waals surface area contributed by atoms with E-state index in [0.717, 1.165) is 19.6 Å². The van der Waals surface area contributed by atoms with E-state index in [4.69, 9.17) is 0 Å². The number of halogens is 1. The highest BCUT2D eigenvalue weighted by atomic mass is 79.9. The van der Waals surface area contributed by atoms with Crippen LogP contribution in [0.4, 0.5) is 0 Å². The average Bonchev–Trinajstić information content (AvgIpc) is 2.70. The summed E-state index contributed by atoms with van der Waals surface area (Å²) in [6.07, 6.45) is 1.19. The van der Waals surface area contributed by atoms with Crippen molar-refractivity contribution in [1.29, 1.82) is 0 Å². The molecule has 0 amide bonds. The first-order valence-electron chi connectivity index (χ1n) is 7.00.